The lowest BCUT2D eigenvalue weighted by atomic mass is 10.1. The maximum absolute atomic E-state index is 12.5. The van der Waals surface area contributed by atoms with Gasteiger partial charge in [0.25, 0.3) is 5.91 Å². The third-order valence-corrected chi connectivity index (χ3v) is 3.52. The molecule has 0 spiro atoms. The van der Waals surface area contributed by atoms with Crippen LogP contribution in [0.1, 0.15) is 22.3 Å². The van der Waals surface area contributed by atoms with Gasteiger partial charge in [-0.3, -0.25) is 4.79 Å². The molecule has 0 fully saturated rings. The molecular formula is C14H16F3NO3S. The fourth-order valence-corrected chi connectivity index (χ4v) is 2.15. The summed E-state index contributed by atoms with van der Waals surface area (Å²) in [7, 11) is 1.21. The standard InChI is InChI=1S/C14H16F3NO3S/c1-21-13(20)11(7-8-22-2)18-12(19)9-3-5-10(6-4-9)14(15,16)17/h3-6,11H,7-8H2,1-2H3,(H,18,19)/t11-/m1/s1. The van der Waals surface area contributed by atoms with E-state index < -0.39 is 29.7 Å². The van der Waals surface area contributed by atoms with Crippen LogP contribution in [0.4, 0.5) is 13.2 Å². The Balaban J connectivity index is 2.79. The van der Waals surface area contributed by atoms with Gasteiger partial charge < -0.3 is 10.1 Å². The second-order valence-corrected chi connectivity index (χ2v) is 5.39. The number of thioether (sulfide) groups is 1. The van der Waals surface area contributed by atoms with Gasteiger partial charge in [-0.2, -0.15) is 24.9 Å². The molecule has 1 aromatic carbocycles. The number of esters is 1. The van der Waals surface area contributed by atoms with Gasteiger partial charge in [-0.1, -0.05) is 0 Å². The summed E-state index contributed by atoms with van der Waals surface area (Å²) < 4.78 is 42.0. The van der Waals surface area contributed by atoms with Gasteiger partial charge in [-0.25, -0.2) is 4.79 Å². The van der Waals surface area contributed by atoms with Crippen LogP contribution in [0.5, 0.6) is 0 Å². The Morgan fingerprint density at radius 2 is 1.86 bits per heavy atom. The van der Waals surface area contributed by atoms with Crippen LogP contribution in [-0.2, 0) is 15.7 Å². The summed E-state index contributed by atoms with van der Waals surface area (Å²) in [6, 6.07) is 2.96. The van der Waals surface area contributed by atoms with Crippen molar-refractivity contribution in [2.24, 2.45) is 0 Å². The lowest BCUT2D eigenvalue weighted by Gasteiger charge is -2.16. The van der Waals surface area contributed by atoms with Crippen LogP contribution in [0.3, 0.4) is 0 Å². The number of rotatable bonds is 6. The van der Waals surface area contributed by atoms with Gasteiger partial charge in [0.15, 0.2) is 0 Å². The van der Waals surface area contributed by atoms with Gasteiger partial charge in [-0.05, 0) is 42.7 Å². The Kier molecular flexibility index (Phi) is 6.73. The number of ether oxygens (including phenoxy) is 1. The summed E-state index contributed by atoms with van der Waals surface area (Å²) in [4.78, 5) is 23.6. The van der Waals surface area contributed by atoms with E-state index in [9.17, 15) is 22.8 Å². The van der Waals surface area contributed by atoms with Gasteiger partial charge >= 0.3 is 12.1 Å². The Hall–Kier alpha value is -1.70. The largest absolute Gasteiger partial charge is 0.467 e. The highest BCUT2D eigenvalue weighted by Crippen LogP contribution is 2.29. The van der Waals surface area contributed by atoms with Crippen molar-refractivity contribution in [3.8, 4) is 0 Å². The summed E-state index contributed by atoms with van der Waals surface area (Å²) in [6.07, 6.45) is -2.23. The number of halogens is 3. The number of carbonyl (C=O) groups is 2. The zero-order valence-corrected chi connectivity index (χ0v) is 12.9. The summed E-state index contributed by atoms with van der Waals surface area (Å²) in [5, 5.41) is 2.47. The van der Waals surface area contributed by atoms with E-state index in [-0.39, 0.29) is 5.56 Å². The van der Waals surface area contributed by atoms with E-state index in [0.717, 1.165) is 24.3 Å². The van der Waals surface area contributed by atoms with Crippen LogP contribution < -0.4 is 5.32 Å². The van der Waals surface area contributed by atoms with Crippen molar-refractivity contribution in [2.75, 3.05) is 19.1 Å². The molecule has 0 heterocycles. The van der Waals surface area contributed by atoms with Crippen molar-refractivity contribution < 1.29 is 27.5 Å². The van der Waals surface area contributed by atoms with Gasteiger partial charge in [-0.15, -0.1) is 0 Å². The first-order valence-corrected chi connectivity index (χ1v) is 7.74. The van der Waals surface area contributed by atoms with Crippen molar-refractivity contribution in [2.45, 2.75) is 18.6 Å². The number of benzene rings is 1. The summed E-state index contributed by atoms with van der Waals surface area (Å²) >= 11 is 1.50. The first-order chi connectivity index (χ1) is 10.3. The second-order valence-electron chi connectivity index (χ2n) is 4.41. The summed E-state index contributed by atoms with van der Waals surface area (Å²) in [5.41, 5.74) is -0.790. The predicted molar refractivity (Wildman–Crippen MR) is 77.7 cm³/mol. The summed E-state index contributed by atoms with van der Waals surface area (Å²) in [6.45, 7) is 0. The van der Waals surface area contributed by atoms with Gasteiger partial charge in [0.2, 0.25) is 0 Å². The van der Waals surface area contributed by atoms with Crippen LogP contribution in [0, 0.1) is 0 Å². The zero-order valence-electron chi connectivity index (χ0n) is 12.1. The minimum absolute atomic E-state index is 0.0473. The first kappa shape index (κ1) is 18.3. The van der Waals surface area contributed by atoms with Gasteiger partial charge in [0, 0.05) is 5.56 Å². The van der Waals surface area contributed by atoms with E-state index in [1.807, 2.05) is 6.26 Å². The minimum Gasteiger partial charge on any atom is -0.467 e. The van der Waals surface area contributed by atoms with E-state index >= 15 is 0 Å². The van der Waals surface area contributed by atoms with Crippen LogP contribution in [0.2, 0.25) is 0 Å². The van der Waals surface area contributed by atoms with Gasteiger partial charge in [0.1, 0.15) is 6.04 Å². The smallest absolute Gasteiger partial charge is 0.416 e. The average molecular weight is 335 g/mol. The highest BCUT2D eigenvalue weighted by molar-refractivity contribution is 7.98. The molecule has 4 nitrogen and oxygen atoms in total. The maximum Gasteiger partial charge on any atom is 0.416 e. The van der Waals surface area contributed by atoms with Crippen molar-refractivity contribution in [3.05, 3.63) is 35.4 Å². The Morgan fingerprint density at radius 3 is 2.32 bits per heavy atom. The molecule has 1 atom stereocenters. The molecule has 0 aliphatic carbocycles. The van der Waals surface area contributed by atoms with Crippen molar-refractivity contribution in [1.82, 2.24) is 5.32 Å². The fourth-order valence-electron chi connectivity index (χ4n) is 1.68. The number of hydrogen-bond donors (Lipinski definition) is 1. The highest BCUT2D eigenvalue weighted by atomic mass is 32.2. The van der Waals surface area contributed by atoms with E-state index in [1.54, 1.807) is 0 Å². The van der Waals surface area contributed by atoms with Crippen molar-refractivity contribution in [3.63, 3.8) is 0 Å². The lowest BCUT2D eigenvalue weighted by molar-refractivity contribution is -0.143. The molecule has 0 saturated heterocycles. The second kappa shape index (κ2) is 8.07. The van der Waals surface area contributed by atoms with E-state index in [4.69, 9.17) is 0 Å². The van der Waals surface area contributed by atoms with E-state index in [0.29, 0.717) is 12.2 Å². The van der Waals surface area contributed by atoms with E-state index in [2.05, 4.69) is 10.1 Å². The molecule has 0 aliphatic rings. The SMILES string of the molecule is COC(=O)[C@@H](CCSC)NC(=O)c1ccc(C(F)(F)F)cc1. The normalized spacial score (nSPS) is 12.6. The number of amides is 1. The number of methoxy groups -OCH3 is 1. The Labute approximate surface area is 130 Å². The molecule has 22 heavy (non-hydrogen) atoms. The highest BCUT2D eigenvalue weighted by Gasteiger charge is 2.30. The minimum atomic E-state index is -4.46. The van der Waals surface area contributed by atoms with Crippen LogP contribution in [0.15, 0.2) is 24.3 Å². The summed E-state index contributed by atoms with van der Waals surface area (Å²) in [5.74, 6) is -0.577. The Morgan fingerprint density at radius 1 is 1.27 bits per heavy atom. The van der Waals surface area contributed by atoms with Crippen LogP contribution in [-0.4, -0.2) is 37.0 Å². The lowest BCUT2D eigenvalue weighted by Crippen LogP contribution is -2.41. The van der Waals surface area contributed by atoms with Crippen LogP contribution >= 0.6 is 11.8 Å². The number of nitrogens with one attached hydrogen (secondary N) is 1. The molecule has 1 N–H and O–H groups in total. The van der Waals surface area contributed by atoms with Crippen molar-refractivity contribution in [1.29, 1.82) is 0 Å². The molecule has 0 aromatic heterocycles. The molecule has 1 rings (SSSR count). The molecule has 0 aliphatic heterocycles. The number of hydrogen-bond acceptors (Lipinski definition) is 4. The fraction of sp³-hybridized carbons (Fsp3) is 0.429. The predicted octanol–water partition coefficient (Wildman–Crippen LogP) is 2.73. The molecule has 0 radical (unpaired) electrons. The molecule has 0 unspecified atom stereocenters. The Bertz CT molecular complexity index is 517. The number of alkyl halides is 3. The molecule has 122 valence electrons. The monoisotopic (exact) mass is 335 g/mol. The molecule has 0 saturated carbocycles. The van der Waals surface area contributed by atoms with Crippen molar-refractivity contribution >= 4 is 23.6 Å². The quantitative estimate of drug-likeness (QED) is 0.812. The third kappa shape index (κ3) is 5.25. The molecular weight excluding hydrogens is 319 g/mol. The number of carbonyl (C=O) groups excluding carboxylic acids is 2. The molecule has 0 bridgehead atoms. The topological polar surface area (TPSA) is 55.4 Å². The molecule has 1 aromatic rings. The van der Waals surface area contributed by atoms with E-state index in [1.165, 1.54) is 18.9 Å². The van der Waals surface area contributed by atoms with Crippen LogP contribution in [0.25, 0.3) is 0 Å². The molecule has 1 amide bonds. The first-order valence-electron chi connectivity index (χ1n) is 6.34. The zero-order chi connectivity index (χ0) is 16.8. The molecule has 8 heteroatoms. The maximum atomic E-state index is 12.5. The average Bonchev–Trinajstić information content (AvgIpc) is 2.49. The van der Waals surface area contributed by atoms with Gasteiger partial charge in [0.05, 0.1) is 12.7 Å². The third-order valence-electron chi connectivity index (χ3n) is 2.88.